The number of hydrogen-bond donors (Lipinski definition) is 2. The van der Waals surface area contributed by atoms with Gasteiger partial charge in [-0.3, -0.25) is 4.79 Å². The molecule has 0 radical (unpaired) electrons. The number of amides is 1. The van der Waals surface area contributed by atoms with Crippen molar-refractivity contribution in [2.24, 2.45) is 16.7 Å². The van der Waals surface area contributed by atoms with Gasteiger partial charge in [-0.15, -0.1) is 0 Å². The molecular weight excluding hydrogens is 288 g/mol. The second kappa shape index (κ2) is 7.52. The number of ether oxygens (including phenoxy) is 1. The summed E-state index contributed by atoms with van der Waals surface area (Å²) in [5.41, 5.74) is 0.176. The zero-order chi connectivity index (χ0) is 16.2. The van der Waals surface area contributed by atoms with Gasteiger partial charge in [-0.1, -0.05) is 25.7 Å². The zero-order valence-electron chi connectivity index (χ0n) is 14.8. The van der Waals surface area contributed by atoms with E-state index in [2.05, 4.69) is 17.6 Å². The third-order valence-electron chi connectivity index (χ3n) is 6.76. The summed E-state index contributed by atoms with van der Waals surface area (Å²) in [7, 11) is 0. The van der Waals surface area contributed by atoms with Gasteiger partial charge in [0, 0.05) is 26.3 Å². The highest BCUT2D eigenvalue weighted by molar-refractivity contribution is 5.84. The summed E-state index contributed by atoms with van der Waals surface area (Å²) in [6.45, 7) is 6.45. The normalized spacial score (nSPS) is 32.7. The monoisotopic (exact) mass is 322 g/mol. The number of carbonyl (C=O) groups excluding carboxylic acids is 1. The molecule has 0 aromatic heterocycles. The van der Waals surface area contributed by atoms with E-state index in [4.69, 9.17) is 4.74 Å². The topological polar surface area (TPSA) is 50.4 Å². The van der Waals surface area contributed by atoms with Crippen LogP contribution >= 0.6 is 0 Å². The molecule has 132 valence electrons. The fourth-order valence-electron chi connectivity index (χ4n) is 5.21. The standard InChI is InChI=1S/C19H34N2O2/c1-2-23-12-11-18(8-5-6-9-18)14-21-17(22)19-10-4-3-7-16(19)13-20-15-19/h16,20H,2-15H2,1H3,(H,21,22)/t16-,19+/m0/s1. The van der Waals surface area contributed by atoms with E-state index < -0.39 is 0 Å². The Morgan fingerprint density at radius 3 is 2.78 bits per heavy atom. The Bertz CT molecular complexity index is 406. The van der Waals surface area contributed by atoms with Crippen LogP contribution in [0.2, 0.25) is 0 Å². The van der Waals surface area contributed by atoms with Crippen molar-refractivity contribution < 1.29 is 9.53 Å². The molecule has 4 heteroatoms. The van der Waals surface area contributed by atoms with Crippen molar-refractivity contribution in [1.29, 1.82) is 0 Å². The van der Waals surface area contributed by atoms with E-state index in [1.54, 1.807) is 0 Å². The van der Waals surface area contributed by atoms with Crippen LogP contribution in [-0.2, 0) is 9.53 Å². The molecule has 0 aromatic rings. The van der Waals surface area contributed by atoms with Gasteiger partial charge >= 0.3 is 0 Å². The maximum Gasteiger partial charge on any atom is 0.227 e. The molecule has 0 bridgehead atoms. The summed E-state index contributed by atoms with van der Waals surface area (Å²) >= 11 is 0. The lowest BCUT2D eigenvalue weighted by Crippen LogP contribution is -2.50. The molecule has 3 fully saturated rings. The second-order valence-corrected chi connectivity index (χ2v) is 8.07. The average molecular weight is 322 g/mol. The van der Waals surface area contributed by atoms with Crippen molar-refractivity contribution >= 4 is 5.91 Å². The summed E-state index contributed by atoms with van der Waals surface area (Å²) < 4.78 is 5.59. The summed E-state index contributed by atoms with van der Waals surface area (Å²) in [6, 6.07) is 0. The van der Waals surface area contributed by atoms with Crippen LogP contribution < -0.4 is 10.6 Å². The van der Waals surface area contributed by atoms with Gasteiger partial charge in [-0.2, -0.15) is 0 Å². The SMILES string of the molecule is CCOCCC1(CNC(=O)[C@@]23CCCC[C@H]2CNC3)CCCC1. The fraction of sp³-hybridized carbons (Fsp3) is 0.947. The van der Waals surface area contributed by atoms with Gasteiger partial charge in [-0.05, 0) is 56.9 Å². The molecule has 2 N–H and O–H groups in total. The molecule has 23 heavy (non-hydrogen) atoms. The zero-order valence-corrected chi connectivity index (χ0v) is 14.8. The van der Waals surface area contributed by atoms with Crippen LogP contribution in [0.1, 0.15) is 64.7 Å². The molecule has 1 saturated heterocycles. The Hall–Kier alpha value is -0.610. The van der Waals surface area contributed by atoms with Crippen molar-refractivity contribution in [2.75, 3.05) is 32.8 Å². The average Bonchev–Trinajstić information content (AvgIpc) is 3.21. The minimum Gasteiger partial charge on any atom is -0.382 e. The number of nitrogens with one attached hydrogen (secondary N) is 2. The predicted molar refractivity (Wildman–Crippen MR) is 92.3 cm³/mol. The van der Waals surface area contributed by atoms with Crippen LogP contribution in [0.4, 0.5) is 0 Å². The largest absolute Gasteiger partial charge is 0.382 e. The maximum absolute atomic E-state index is 13.0. The number of rotatable bonds is 7. The molecule has 2 saturated carbocycles. The van der Waals surface area contributed by atoms with E-state index in [1.165, 1.54) is 44.9 Å². The first-order chi connectivity index (χ1) is 11.2. The molecular formula is C19H34N2O2. The molecule has 1 amide bonds. The van der Waals surface area contributed by atoms with Crippen molar-refractivity contribution in [2.45, 2.75) is 64.7 Å². The Kier molecular flexibility index (Phi) is 5.63. The predicted octanol–water partition coefficient (Wildman–Crippen LogP) is 2.87. The van der Waals surface area contributed by atoms with Crippen LogP contribution in [0.15, 0.2) is 0 Å². The minimum atomic E-state index is -0.113. The molecule has 0 aromatic carbocycles. The van der Waals surface area contributed by atoms with E-state index in [0.717, 1.165) is 45.7 Å². The smallest absolute Gasteiger partial charge is 0.227 e. The molecule has 3 aliphatic rings. The molecule has 1 heterocycles. The lowest BCUT2D eigenvalue weighted by Gasteiger charge is -2.38. The van der Waals surface area contributed by atoms with E-state index in [0.29, 0.717) is 11.8 Å². The van der Waals surface area contributed by atoms with Gasteiger partial charge < -0.3 is 15.4 Å². The summed E-state index contributed by atoms with van der Waals surface area (Å²) in [5.74, 6) is 0.883. The van der Waals surface area contributed by atoms with Crippen molar-refractivity contribution in [3.63, 3.8) is 0 Å². The number of fused-ring (bicyclic) bond motifs is 1. The van der Waals surface area contributed by atoms with Crippen molar-refractivity contribution in [3.8, 4) is 0 Å². The molecule has 2 atom stereocenters. The molecule has 2 aliphatic carbocycles. The second-order valence-electron chi connectivity index (χ2n) is 8.07. The molecule has 0 unspecified atom stereocenters. The van der Waals surface area contributed by atoms with E-state index >= 15 is 0 Å². The molecule has 3 rings (SSSR count). The first kappa shape index (κ1) is 17.2. The first-order valence-corrected chi connectivity index (χ1v) is 9.78. The number of carbonyl (C=O) groups is 1. The van der Waals surface area contributed by atoms with Gasteiger partial charge in [-0.25, -0.2) is 0 Å². The van der Waals surface area contributed by atoms with E-state index in [1.807, 2.05) is 0 Å². The van der Waals surface area contributed by atoms with Crippen LogP contribution in [0.25, 0.3) is 0 Å². The van der Waals surface area contributed by atoms with Gasteiger partial charge in [0.15, 0.2) is 0 Å². The van der Waals surface area contributed by atoms with Gasteiger partial charge in [0.05, 0.1) is 5.41 Å². The van der Waals surface area contributed by atoms with Gasteiger partial charge in [0.25, 0.3) is 0 Å². The van der Waals surface area contributed by atoms with Crippen LogP contribution in [0.5, 0.6) is 0 Å². The van der Waals surface area contributed by atoms with Gasteiger partial charge in [0.2, 0.25) is 5.91 Å². The Morgan fingerprint density at radius 1 is 1.22 bits per heavy atom. The summed E-state index contributed by atoms with van der Waals surface area (Å²) in [5, 5.41) is 6.87. The molecule has 4 nitrogen and oxygen atoms in total. The highest BCUT2D eigenvalue weighted by Crippen LogP contribution is 2.45. The van der Waals surface area contributed by atoms with Crippen molar-refractivity contribution in [1.82, 2.24) is 10.6 Å². The minimum absolute atomic E-state index is 0.113. The fourth-order valence-corrected chi connectivity index (χ4v) is 5.21. The maximum atomic E-state index is 13.0. The lowest BCUT2D eigenvalue weighted by atomic mass is 9.67. The first-order valence-electron chi connectivity index (χ1n) is 9.78. The summed E-state index contributed by atoms with van der Waals surface area (Å²) in [6.07, 6.45) is 11.0. The van der Waals surface area contributed by atoms with Crippen LogP contribution in [-0.4, -0.2) is 38.8 Å². The third kappa shape index (κ3) is 3.58. The van der Waals surface area contributed by atoms with E-state index in [9.17, 15) is 4.79 Å². The summed E-state index contributed by atoms with van der Waals surface area (Å²) in [4.78, 5) is 13.0. The Morgan fingerprint density at radius 2 is 2.00 bits per heavy atom. The highest BCUT2D eigenvalue weighted by Gasteiger charge is 2.50. The quantitative estimate of drug-likeness (QED) is 0.709. The third-order valence-corrected chi connectivity index (χ3v) is 6.76. The van der Waals surface area contributed by atoms with E-state index in [-0.39, 0.29) is 10.8 Å². The Balaban J connectivity index is 1.58. The van der Waals surface area contributed by atoms with Crippen LogP contribution in [0, 0.1) is 16.7 Å². The van der Waals surface area contributed by atoms with Crippen LogP contribution in [0.3, 0.4) is 0 Å². The molecule has 1 aliphatic heterocycles. The highest BCUT2D eigenvalue weighted by atomic mass is 16.5. The van der Waals surface area contributed by atoms with Gasteiger partial charge in [0.1, 0.15) is 0 Å². The molecule has 0 spiro atoms. The lowest BCUT2D eigenvalue weighted by molar-refractivity contribution is -0.134. The van der Waals surface area contributed by atoms with Crippen molar-refractivity contribution in [3.05, 3.63) is 0 Å². The Labute approximate surface area is 141 Å². The number of hydrogen-bond acceptors (Lipinski definition) is 3.